The Labute approximate surface area is 68.5 Å². The highest BCUT2D eigenvalue weighted by Crippen LogP contribution is 2.28. The van der Waals surface area contributed by atoms with E-state index in [1.807, 2.05) is 0 Å². The van der Waals surface area contributed by atoms with Crippen molar-refractivity contribution in [2.75, 3.05) is 13.6 Å². The third kappa shape index (κ3) is 1.01. The van der Waals surface area contributed by atoms with Crippen molar-refractivity contribution in [2.45, 2.75) is 32.4 Å². The molecule has 2 aliphatic rings. The van der Waals surface area contributed by atoms with Crippen LogP contribution in [0.5, 0.6) is 0 Å². The number of rotatable bonds is 0. The van der Waals surface area contributed by atoms with Crippen LogP contribution in [0.25, 0.3) is 0 Å². The molecule has 2 heteroatoms. The van der Waals surface area contributed by atoms with Crippen molar-refractivity contribution < 1.29 is 0 Å². The topological polar surface area (TPSA) is 6.48 Å². The smallest absolute Gasteiger partial charge is 0.101 e. The van der Waals surface area contributed by atoms with Crippen LogP contribution in [-0.2, 0) is 0 Å². The van der Waals surface area contributed by atoms with Gasteiger partial charge < -0.3 is 9.80 Å². The van der Waals surface area contributed by atoms with Crippen molar-refractivity contribution in [1.82, 2.24) is 9.80 Å². The van der Waals surface area contributed by atoms with Gasteiger partial charge in [0.1, 0.15) is 6.17 Å². The Morgan fingerprint density at radius 3 is 3.00 bits per heavy atom. The van der Waals surface area contributed by atoms with Crippen LogP contribution in [0.3, 0.4) is 0 Å². The van der Waals surface area contributed by atoms with Gasteiger partial charge in [-0.05, 0) is 26.2 Å². The monoisotopic (exact) mass is 152 g/mol. The van der Waals surface area contributed by atoms with Crippen molar-refractivity contribution in [2.24, 2.45) is 0 Å². The SMILES string of the molecule is CC1=CN(C)C2CCCCN12. The van der Waals surface area contributed by atoms with Gasteiger partial charge in [-0.3, -0.25) is 0 Å². The van der Waals surface area contributed by atoms with Crippen LogP contribution in [0.1, 0.15) is 26.2 Å². The minimum Gasteiger partial charge on any atom is -0.359 e. The van der Waals surface area contributed by atoms with Crippen LogP contribution in [-0.4, -0.2) is 29.6 Å². The Bertz CT molecular complexity index is 186. The van der Waals surface area contributed by atoms with E-state index < -0.39 is 0 Å². The number of hydrogen-bond donors (Lipinski definition) is 0. The lowest BCUT2D eigenvalue weighted by Gasteiger charge is -2.35. The molecule has 0 aromatic carbocycles. The molecule has 0 N–H and O–H groups in total. The Balaban J connectivity index is 2.14. The maximum absolute atomic E-state index is 2.52. The van der Waals surface area contributed by atoms with Crippen molar-refractivity contribution in [3.63, 3.8) is 0 Å². The van der Waals surface area contributed by atoms with Gasteiger partial charge in [-0.2, -0.15) is 0 Å². The first-order valence-electron chi connectivity index (χ1n) is 4.46. The molecule has 1 fully saturated rings. The molecule has 0 aromatic rings. The molecule has 1 saturated heterocycles. The van der Waals surface area contributed by atoms with E-state index in [0.717, 1.165) is 0 Å². The minimum atomic E-state index is 0.684. The predicted molar refractivity (Wildman–Crippen MR) is 45.9 cm³/mol. The van der Waals surface area contributed by atoms with E-state index in [2.05, 4.69) is 30.0 Å². The van der Waals surface area contributed by atoms with Gasteiger partial charge in [-0.25, -0.2) is 0 Å². The quantitative estimate of drug-likeness (QED) is 0.520. The summed E-state index contributed by atoms with van der Waals surface area (Å²) in [4.78, 5) is 4.86. The van der Waals surface area contributed by atoms with Gasteiger partial charge in [-0.1, -0.05) is 0 Å². The lowest BCUT2D eigenvalue weighted by Crippen LogP contribution is -2.40. The van der Waals surface area contributed by atoms with Crippen LogP contribution in [0.4, 0.5) is 0 Å². The summed E-state index contributed by atoms with van der Waals surface area (Å²) in [6, 6.07) is 0. The van der Waals surface area contributed by atoms with E-state index in [1.54, 1.807) is 0 Å². The van der Waals surface area contributed by atoms with E-state index in [1.165, 1.54) is 31.5 Å². The van der Waals surface area contributed by atoms with Crippen LogP contribution in [0.15, 0.2) is 11.9 Å². The van der Waals surface area contributed by atoms with E-state index in [0.29, 0.717) is 6.17 Å². The second-order valence-corrected chi connectivity index (χ2v) is 3.61. The third-order valence-electron chi connectivity index (χ3n) is 2.78. The molecular weight excluding hydrogens is 136 g/mol. The maximum atomic E-state index is 2.52. The van der Waals surface area contributed by atoms with Crippen LogP contribution < -0.4 is 0 Å². The number of fused-ring (bicyclic) bond motifs is 1. The molecule has 2 aliphatic heterocycles. The zero-order valence-electron chi connectivity index (χ0n) is 7.38. The Hall–Kier alpha value is -0.660. The summed E-state index contributed by atoms with van der Waals surface area (Å²) < 4.78 is 0. The zero-order valence-corrected chi connectivity index (χ0v) is 7.38. The molecule has 62 valence electrons. The first kappa shape index (κ1) is 7.01. The summed E-state index contributed by atoms with van der Waals surface area (Å²) in [6.45, 7) is 3.47. The Morgan fingerprint density at radius 1 is 1.45 bits per heavy atom. The van der Waals surface area contributed by atoms with Gasteiger partial charge in [-0.15, -0.1) is 0 Å². The van der Waals surface area contributed by atoms with Crippen molar-refractivity contribution in [3.05, 3.63) is 11.9 Å². The van der Waals surface area contributed by atoms with E-state index in [-0.39, 0.29) is 0 Å². The van der Waals surface area contributed by atoms with E-state index >= 15 is 0 Å². The highest BCUT2D eigenvalue weighted by atomic mass is 15.4. The molecule has 2 nitrogen and oxygen atoms in total. The van der Waals surface area contributed by atoms with Crippen molar-refractivity contribution >= 4 is 0 Å². The second kappa shape index (κ2) is 2.43. The van der Waals surface area contributed by atoms with Gasteiger partial charge in [0.2, 0.25) is 0 Å². The minimum absolute atomic E-state index is 0.684. The molecule has 1 atom stereocenters. The summed E-state index contributed by atoms with van der Waals surface area (Å²) in [7, 11) is 2.18. The molecule has 0 bridgehead atoms. The van der Waals surface area contributed by atoms with Gasteiger partial charge >= 0.3 is 0 Å². The summed E-state index contributed by atoms with van der Waals surface area (Å²) in [5.74, 6) is 0. The molecule has 0 saturated carbocycles. The molecular formula is C9H16N2. The number of nitrogens with zero attached hydrogens (tertiary/aromatic N) is 2. The van der Waals surface area contributed by atoms with Crippen LogP contribution >= 0.6 is 0 Å². The summed E-state index contributed by atoms with van der Waals surface area (Å²) in [5, 5.41) is 0. The third-order valence-corrected chi connectivity index (χ3v) is 2.78. The first-order valence-corrected chi connectivity index (χ1v) is 4.46. The van der Waals surface area contributed by atoms with Crippen LogP contribution in [0, 0.1) is 0 Å². The average molecular weight is 152 g/mol. The standard InChI is InChI=1S/C9H16N2/c1-8-7-10(2)9-5-3-4-6-11(8)9/h7,9H,3-6H2,1-2H3. The highest BCUT2D eigenvalue weighted by molar-refractivity contribution is 5.07. The summed E-state index contributed by atoms with van der Waals surface area (Å²) in [5.41, 5.74) is 1.44. The molecule has 11 heavy (non-hydrogen) atoms. The largest absolute Gasteiger partial charge is 0.359 e. The molecule has 0 radical (unpaired) electrons. The molecule has 0 aliphatic carbocycles. The predicted octanol–water partition coefficient (Wildman–Crippen LogP) is 1.61. The normalized spacial score (nSPS) is 30.4. The Kier molecular flexibility index (Phi) is 1.55. The summed E-state index contributed by atoms with van der Waals surface area (Å²) in [6.07, 6.45) is 7.05. The van der Waals surface area contributed by atoms with Gasteiger partial charge in [0.15, 0.2) is 0 Å². The van der Waals surface area contributed by atoms with Gasteiger partial charge in [0.05, 0.1) is 0 Å². The number of hydrogen-bond acceptors (Lipinski definition) is 2. The lowest BCUT2D eigenvalue weighted by molar-refractivity contribution is 0.123. The zero-order chi connectivity index (χ0) is 7.84. The van der Waals surface area contributed by atoms with Gasteiger partial charge in [0.25, 0.3) is 0 Å². The molecule has 2 rings (SSSR count). The highest BCUT2D eigenvalue weighted by Gasteiger charge is 2.29. The molecule has 0 amide bonds. The fourth-order valence-electron chi connectivity index (χ4n) is 2.20. The molecule has 2 heterocycles. The van der Waals surface area contributed by atoms with Crippen molar-refractivity contribution in [1.29, 1.82) is 0 Å². The number of allylic oxidation sites excluding steroid dienone is 1. The van der Waals surface area contributed by atoms with E-state index in [9.17, 15) is 0 Å². The molecule has 0 spiro atoms. The fourth-order valence-corrected chi connectivity index (χ4v) is 2.20. The lowest BCUT2D eigenvalue weighted by atomic mass is 10.1. The summed E-state index contributed by atoms with van der Waals surface area (Å²) >= 11 is 0. The van der Waals surface area contributed by atoms with Crippen molar-refractivity contribution in [3.8, 4) is 0 Å². The number of piperidine rings is 1. The molecule has 1 unspecified atom stereocenters. The average Bonchev–Trinajstić information content (AvgIpc) is 2.30. The first-order chi connectivity index (χ1) is 5.29. The second-order valence-electron chi connectivity index (χ2n) is 3.61. The molecule has 0 aromatic heterocycles. The van der Waals surface area contributed by atoms with Crippen LogP contribution in [0.2, 0.25) is 0 Å². The van der Waals surface area contributed by atoms with E-state index in [4.69, 9.17) is 0 Å². The van der Waals surface area contributed by atoms with Gasteiger partial charge in [0, 0.05) is 25.5 Å². The maximum Gasteiger partial charge on any atom is 0.101 e. The Morgan fingerprint density at radius 2 is 2.27 bits per heavy atom. The fraction of sp³-hybridized carbons (Fsp3) is 0.778.